The van der Waals surface area contributed by atoms with Crippen LogP contribution in [0.25, 0.3) is 0 Å². The van der Waals surface area contributed by atoms with Crippen molar-refractivity contribution in [2.75, 3.05) is 7.11 Å². The zero-order valence-electron chi connectivity index (χ0n) is 19.6. The second-order valence-corrected chi connectivity index (χ2v) is 12.2. The molecule has 0 radical (unpaired) electrons. The summed E-state index contributed by atoms with van der Waals surface area (Å²) in [6, 6.07) is 8.19. The molecule has 0 amide bonds. The molecule has 0 aliphatic heterocycles. The van der Waals surface area contributed by atoms with Crippen LogP contribution in [0.15, 0.2) is 30.3 Å². The van der Waals surface area contributed by atoms with Crippen molar-refractivity contribution in [1.82, 2.24) is 5.32 Å². The van der Waals surface area contributed by atoms with E-state index in [-0.39, 0.29) is 18.0 Å². The first-order chi connectivity index (χ1) is 15.6. The zero-order valence-corrected chi connectivity index (χ0v) is 21.1. The lowest BCUT2D eigenvalue weighted by Gasteiger charge is -2.65. The molecule has 6 rings (SSSR count). The van der Waals surface area contributed by atoms with E-state index >= 15 is 0 Å². The van der Waals surface area contributed by atoms with E-state index in [1.54, 1.807) is 13.2 Å². The van der Waals surface area contributed by atoms with E-state index < -0.39 is 0 Å². The summed E-state index contributed by atoms with van der Waals surface area (Å²) >= 11 is 12.7. The summed E-state index contributed by atoms with van der Waals surface area (Å²) < 4.78 is 24.9. The van der Waals surface area contributed by atoms with E-state index in [1.807, 2.05) is 12.1 Å². The number of ether oxygens (including phenoxy) is 2. The van der Waals surface area contributed by atoms with E-state index in [0.29, 0.717) is 37.9 Å². The first kappa shape index (κ1) is 23.3. The van der Waals surface area contributed by atoms with E-state index in [0.717, 1.165) is 18.0 Å². The molecule has 4 fully saturated rings. The standard InChI is InChI=1S/C27H32Cl2FNO2/c1-25-9-18-10-26(2,14-25)16-27(11-18,15-25)31-12-17-6-22(29)24(23(7-17)32-3)33-13-19-4-5-20(30)8-21(19)28/h4-8,18,31H,9-16H2,1-3H3. The minimum atomic E-state index is -0.377. The molecule has 1 N–H and O–H groups in total. The first-order valence-corrected chi connectivity index (χ1v) is 12.5. The number of halogens is 3. The maximum atomic E-state index is 13.3. The number of methoxy groups -OCH3 is 1. The minimum absolute atomic E-state index is 0.175. The Hall–Kier alpha value is -1.49. The summed E-state index contributed by atoms with van der Waals surface area (Å²) in [5.74, 6) is 1.52. The molecule has 4 bridgehead atoms. The van der Waals surface area contributed by atoms with Crippen LogP contribution in [-0.2, 0) is 13.2 Å². The molecular formula is C27H32Cl2FNO2. The third kappa shape index (κ3) is 4.59. The number of hydrogen-bond acceptors (Lipinski definition) is 3. The predicted octanol–water partition coefficient (Wildman–Crippen LogP) is 7.56. The molecule has 0 saturated heterocycles. The highest BCUT2D eigenvalue weighted by atomic mass is 35.5. The van der Waals surface area contributed by atoms with Gasteiger partial charge in [0.1, 0.15) is 12.4 Å². The molecule has 0 spiro atoms. The smallest absolute Gasteiger partial charge is 0.180 e. The highest BCUT2D eigenvalue weighted by molar-refractivity contribution is 6.32. The molecule has 4 saturated carbocycles. The van der Waals surface area contributed by atoms with Crippen LogP contribution in [0.1, 0.15) is 63.5 Å². The van der Waals surface area contributed by atoms with E-state index in [4.69, 9.17) is 32.7 Å². The Morgan fingerprint density at radius 3 is 2.36 bits per heavy atom. The lowest BCUT2D eigenvalue weighted by atomic mass is 9.43. The highest BCUT2D eigenvalue weighted by Gasteiger charge is 2.59. The van der Waals surface area contributed by atoms with Gasteiger partial charge < -0.3 is 14.8 Å². The van der Waals surface area contributed by atoms with Crippen LogP contribution in [0.3, 0.4) is 0 Å². The van der Waals surface area contributed by atoms with Crippen molar-refractivity contribution in [1.29, 1.82) is 0 Å². The van der Waals surface area contributed by atoms with Gasteiger partial charge in [-0.3, -0.25) is 0 Å². The fourth-order valence-electron chi connectivity index (χ4n) is 7.74. The van der Waals surface area contributed by atoms with Gasteiger partial charge >= 0.3 is 0 Å². The molecule has 2 atom stereocenters. The number of rotatable bonds is 7. The van der Waals surface area contributed by atoms with Gasteiger partial charge in [-0.1, -0.05) is 43.1 Å². The fraction of sp³-hybridized carbons (Fsp3) is 0.556. The van der Waals surface area contributed by atoms with Crippen LogP contribution in [0, 0.1) is 22.6 Å². The molecule has 4 aliphatic rings. The Labute approximate surface area is 205 Å². The second-order valence-electron chi connectivity index (χ2n) is 11.4. The molecule has 4 aliphatic carbocycles. The van der Waals surface area contributed by atoms with Crippen LogP contribution < -0.4 is 14.8 Å². The van der Waals surface area contributed by atoms with Gasteiger partial charge in [0.25, 0.3) is 0 Å². The van der Waals surface area contributed by atoms with Gasteiger partial charge in [-0.25, -0.2) is 4.39 Å². The van der Waals surface area contributed by atoms with E-state index in [2.05, 4.69) is 19.2 Å². The summed E-state index contributed by atoms with van der Waals surface area (Å²) in [6.07, 6.45) is 7.94. The largest absolute Gasteiger partial charge is 0.493 e. The number of nitrogens with one attached hydrogen (secondary N) is 1. The summed E-state index contributed by atoms with van der Waals surface area (Å²) in [5, 5.41) is 4.77. The van der Waals surface area contributed by atoms with Crippen molar-refractivity contribution in [3.63, 3.8) is 0 Å². The van der Waals surface area contributed by atoms with Crippen molar-refractivity contribution in [3.05, 3.63) is 57.3 Å². The van der Waals surface area contributed by atoms with Crippen LogP contribution in [0.5, 0.6) is 11.5 Å². The number of hydrogen-bond donors (Lipinski definition) is 1. The van der Waals surface area contributed by atoms with Gasteiger partial charge in [0, 0.05) is 17.6 Å². The Bertz CT molecular complexity index is 1060. The van der Waals surface area contributed by atoms with Crippen molar-refractivity contribution < 1.29 is 13.9 Å². The Morgan fingerprint density at radius 1 is 1.00 bits per heavy atom. The molecule has 178 valence electrons. The molecule has 33 heavy (non-hydrogen) atoms. The van der Waals surface area contributed by atoms with Gasteiger partial charge in [-0.2, -0.15) is 0 Å². The van der Waals surface area contributed by atoms with Crippen LogP contribution >= 0.6 is 23.2 Å². The normalized spacial score (nSPS) is 32.2. The third-order valence-corrected chi connectivity index (χ3v) is 8.60. The van der Waals surface area contributed by atoms with Crippen molar-refractivity contribution in [2.24, 2.45) is 16.7 Å². The molecule has 2 aromatic carbocycles. The molecule has 3 nitrogen and oxygen atoms in total. The molecule has 2 unspecified atom stereocenters. The van der Waals surface area contributed by atoms with Crippen molar-refractivity contribution in [2.45, 2.75) is 71.1 Å². The SMILES string of the molecule is COc1cc(CNC23CC4CC(C)(CC(C)(C4)C2)C3)cc(Cl)c1OCc1ccc(F)cc1Cl. The Kier molecular flexibility index (Phi) is 5.86. The summed E-state index contributed by atoms with van der Waals surface area (Å²) in [4.78, 5) is 0. The van der Waals surface area contributed by atoms with Gasteiger partial charge in [0.05, 0.1) is 17.2 Å². The predicted molar refractivity (Wildman–Crippen MR) is 131 cm³/mol. The first-order valence-electron chi connectivity index (χ1n) is 11.8. The lowest BCUT2D eigenvalue weighted by Crippen LogP contribution is -2.63. The molecular weight excluding hydrogens is 460 g/mol. The molecule has 6 heteroatoms. The molecule has 0 heterocycles. The molecule has 0 aromatic heterocycles. The Balaban J connectivity index is 1.30. The second kappa shape index (κ2) is 8.32. The van der Waals surface area contributed by atoms with Crippen LogP contribution in [-0.4, -0.2) is 12.6 Å². The van der Waals surface area contributed by atoms with Crippen molar-refractivity contribution in [3.8, 4) is 11.5 Å². The summed E-state index contributed by atoms with van der Waals surface area (Å²) in [7, 11) is 1.61. The highest BCUT2D eigenvalue weighted by Crippen LogP contribution is 2.66. The quantitative estimate of drug-likeness (QED) is 0.433. The third-order valence-electron chi connectivity index (χ3n) is 7.97. The number of benzene rings is 2. The zero-order chi connectivity index (χ0) is 23.4. The maximum absolute atomic E-state index is 13.3. The lowest BCUT2D eigenvalue weighted by molar-refractivity contribution is -0.118. The average Bonchev–Trinajstić information content (AvgIpc) is 2.69. The van der Waals surface area contributed by atoms with Crippen LogP contribution in [0.2, 0.25) is 10.0 Å². The van der Waals surface area contributed by atoms with E-state index in [9.17, 15) is 4.39 Å². The van der Waals surface area contributed by atoms with Crippen LogP contribution in [0.4, 0.5) is 4.39 Å². The topological polar surface area (TPSA) is 30.5 Å². The average molecular weight is 492 g/mol. The monoisotopic (exact) mass is 491 g/mol. The fourth-order valence-corrected chi connectivity index (χ4v) is 8.25. The van der Waals surface area contributed by atoms with Gasteiger partial charge in [0.2, 0.25) is 0 Å². The van der Waals surface area contributed by atoms with Gasteiger partial charge in [-0.15, -0.1) is 0 Å². The Morgan fingerprint density at radius 2 is 1.73 bits per heavy atom. The summed E-state index contributed by atoms with van der Waals surface area (Å²) in [6.45, 7) is 5.91. The maximum Gasteiger partial charge on any atom is 0.180 e. The van der Waals surface area contributed by atoms with E-state index in [1.165, 1.54) is 50.7 Å². The van der Waals surface area contributed by atoms with Crippen molar-refractivity contribution >= 4 is 23.2 Å². The van der Waals surface area contributed by atoms with Gasteiger partial charge in [-0.05, 0) is 85.1 Å². The van der Waals surface area contributed by atoms with Gasteiger partial charge in [0.15, 0.2) is 11.5 Å². The minimum Gasteiger partial charge on any atom is -0.493 e. The molecule has 2 aromatic rings. The summed E-state index contributed by atoms with van der Waals surface area (Å²) in [5.41, 5.74) is 2.92.